The standard InChI is InChI=1S/C19H19N3O/c1-14-13-15(2)22(21-14)19(16-9-5-4-6-10-16)20-17-11-7-8-12-18(17)23-3/h4-13H,1-3H3. The van der Waals surface area contributed by atoms with Crippen LogP contribution in [0, 0.1) is 13.8 Å². The fourth-order valence-electron chi connectivity index (χ4n) is 2.50. The first-order chi connectivity index (χ1) is 11.2. The van der Waals surface area contributed by atoms with Gasteiger partial charge in [0.1, 0.15) is 11.4 Å². The molecule has 0 unspecified atom stereocenters. The third-order valence-electron chi connectivity index (χ3n) is 3.55. The van der Waals surface area contributed by atoms with Gasteiger partial charge in [-0.3, -0.25) is 0 Å². The minimum atomic E-state index is 0.738. The molecule has 1 aromatic heterocycles. The molecule has 1 heterocycles. The van der Waals surface area contributed by atoms with E-state index in [1.54, 1.807) is 7.11 Å². The first-order valence-electron chi connectivity index (χ1n) is 7.50. The van der Waals surface area contributed by atoms with Crippen molar-refractivity contribution in [1.29, 1.82) is 0 Å². The van der Waals surface area contributed by atoms with Crippen LogP contribution in [0.25, 0.3) is 0 Å². The summed E-state index contributed by atoms with van der Waals surface area (Å²) in [5, 5.41) is 4.58. The molecule has 0 N–H and O–H groups in total. The zero-order valence-corrected chi connectivity index (χ0v) is 13.5. The van der Waals surface area contributed by atoms with Gasteiger partial charge in [0, 0.05) is 11.3 Å². The smallest absolute Gasteiger partial charge is 0.161 e. The van der Waals surface area contributed by atoms with Crippen LogP contribution >= 0.6 is 0 Å². The van der Waals surface area contributed by atoms with Gasteiger partial charge < -0.3 is 4.74 Å². The maximum atomic E-state index is 5.42. The lowest BCUT2D eigenvalue weighted by atomic mass is 10.2. The molecule has 0 saturated heterocycles. The molecule has 0 amide bonds. The molecule has 0 aliphatic carbocycles. The number of hydrogen-bond donors (Lipinski definition) is 0. The van der Waals surface area contributed by atoms with Crippen molar-refractivity contribution in [2.75, 3.05) is 7.11 Å². The third kappa shape index (κ3) is 3.16. The average molecular weight is 305 g/mol. The van der Waals surface area contributed by atoms with Crippen LogP contribution in [0.5, 0.6) is 5.75 Å². The first kappa shape index (κ1) is 15.0. The van der Waals surface area contributed by atoms with Gasteiger partial charge in [-0.2, -0.15) is 5.10 Å². The normalized spacial score (nSPS) is 11.5. The molecule has 0 aliphatic heterocycles. The van der Waals surface area contributed by atoms with Crippen molar-refractivity contribution in [2.24, 2.45) is 4.99 Å². The maximum Gasteiger partial charge on any atom is 0.161 e. The minimum absolute atomic E-state index is 0.738. The molecule has 3 aromatic rings. The second kappa shape index (κ2) is 6.48. The molecule has 0 bridgehead atoms. The van der Waals surface area contributed by atoms with E-state index >= 15 is 0 Å². The Hall–Kier alpha value is -2.88. The molecule has 2 aromatic carbocycles. The Kier molecular flexibility index (Phi) is 4.24. The highest BCUT2D eigenvalue weighted by Crippen LogP contribution is 2.27. The van der Waals surface area contributed by atoms with Crippen molar-refractivity contribution < 1.29 is 4.74 Å². The van der Waals surface area contributed by atoms with Crippen molar-refractivity contribution in [3.63, 3.8) is 0 Å². The lowest BCUT2D eigenvalue weighted by Gasteiger charge is -2.11. The number of benzene rings is 2. The number of aryl methyl sites for hydroxylation is 2. The summed E-state index contributed by atoms with van der Waals surface area (Å²) in [6, 6.07) is 19.8. The Bertz CT molecular complexity index is 835. The van der Waals surface area contributed by atoms with Crippen molar-refractivity contribution >= 4 is 11.5 Å². The zero-order valence-electron chi connectivity index (χ0n) is 13.5. The number of para-hydroxylation sites is 2. The zero-order chi connectivity index (χ0) is 16.2. The molecule has 0 fully saturated rings. The van der Waals surface area contributed by atoms with Crippen molar-refractivity contribution in [3.05, 3.63) is 77.6 Å². The van der Waals surface area contributed by atoms with Crippen LogP contribution in [-0.2, 0) is 0 Å². The van der Waals surface area contributed by atoms with Crippen LogP contribution in [0.3, 0.4) is 0 Å². The summed E-state index contributed by atoms with van der Waals surface area (Å²) >= 11 is 0. The van der Waals surface area contributed by atoms with Crippen LogP contribution in [0.4, 0.5) is 5.69 Å². The van der Waals surface area contributed by atoms with E-state index in [1.165, 1.54) is 0 Å². The Morgan fingerprint density at radius 3 is 2.35 bits per heavy atom. The van der Waals surface area contributed by atoms with Crippen LogP contribution in [0.2, 0.25) is 0 Å². The molecule has 4 nitrogen and oxygen atoms in total. The molecule has 0 atom stereocenters. The molecule has 0 radical (unpaired) electrons. The molecule has 0 aliphatic rings. The first-order valence-corrected chi connectivity index (χ1v) is 7.50. The molecule has 4 heteroatoms. The SMILES string of the molecule is COc1ccccc1N=C(c1ccccc1)n1nc(C)cc1C. The van der Waals surface area contributed by atoms with E-state index in [4.69, 9.17) is 9.73 Å². The summed E-state index contributed by atoms with van der Waals surface area (Å²) in [7, 11) is 1.65. The Morgan fingerprint density at radius 2 is 1.70 bits per heavy atom. The second-order valence-corrected chi connectivity index (χ2v) is 5.31. The summed E-state index contributed by atoms with van der Waals surface area (Å²) < 4.78 is 7.29. The molecule has 0 saturated carbocycles. The largest absolute Gasteiger partial charge is 0.494 e. The van der Waals surface area contributed by atoms with E-state index in [9.17, 15) is 0 Å². The van der Waals surface area contributed by atoms with E-state index in [0.29, 0.717) is 0 Å². The van der Waals surface area contributed by atoms with Crippen molar-refractivity contribution in [1.82, 2.24) is 9.78 Å². The van der Waals surface area contributed by atoms with Crippen LogP contribution in [0.15, 0.2) is 65.7 Å². The molecular formula is C19H19N3O. The Labute approximate surface area is 136 Å². The predicted octanol–water partition coefficient (Wildman–Crippen LogP) is 4.14. The minimum Gasteiger partial charge on any atom is -0.494 e. The second-order valence-electron chi connectivity index (χ2n) is 5.31. The summed E-state index contributed by atoms with van der Waals surface area (Å²) in [5.74, 6) is 1.52. The van der Waals surface area contributed by atoms with Crippen LogP contribution < -0.4 is 4.74 Å². The van der Waals surface area contributed by atoms with Gasteiger partial charge >= 0.3 is 0 Å². The van der Waals surface area contributed by atoms with E-state index in [-0.39, 0.29) is 0 Å². The number of aromatic nitrogens is 2. The number of nitrogens with zero attached hydrogens (tertiary/aromatic N) is 3. The fourth-order valence-corrected chi connectivity index (χ4v) is 2.50. The van der Waals surface area contributed by atoms with Gasteiger partial charge in [-0.15, -0.1) is 0 Å². The number of hydrogen-bond acceptors (Lipinski definition) is 3. The van der Waals surface area contributed by atoms with E-state index < -0.39 is 0 Å². The van der Waals surface area contributed by atoms with Crippen molar-refractivity contribution in [3.8, 4) is 5.75 Å². The molecule has 116 valence electrons. The third-order valence-corrected chi connectivity index (χ3v) is 3.55. The monoisotopic (exact) mass is 305 g/mol. The lowest BCUT2D eigenvalue weighted by molar-refractivity contribution is 0.416. The Balaban J connectivity index is 2.20. The molecular weight excluding hydrogens is 286 g/mol. The maximum absolute atomic E-state index is 5.42. The molecule has 3 rings (SSSR count). The predicted molar refractivity (Wildman–Crippen MR) is 92.7 cm³/mol. The van der Waals surface area contributed by atoms with Gasteiger partial charge in [0.2, 0.25) is 0 Å². The number of methoxy groups -OCH3 is 1. The van der Waals surface area contributed by atoms with Gasteiger partial charge in [0.15, 0.2) is 5.84 Å². The number of rotatable bonds is 3. The highest BCUT2D eigenvalue weighted by molar-refractivity contribution is 6.02. The van der Waals surface area contributed by atoms with Gasteiger partial charge in [-0.05, 0) is 32.0 Å². The quantitative estimate of drug-likeness (QED) is 0.539. The van der Waals surface area contributed by atoms with E-state index in [2.05, 4.69) is 5.10 Å². The topological polar surface area (TPSA) is 39.4 Å². The Morgan fingerprint density at radius 1 is 1.00 bits per heavy atom. The van der Waals surface area contributed by atoms with Gasteiger partial charge in [-0.1, -0.05) is 42.5 Å². The van der Waals surface area contributed by atoms with Gasteiger partial charge in [-0.25, -0.2) is 9.67 Å². The molecule has 23 heavy (non-hydrogen) atoms. The summed E-state index contributed by atoms with van der Waals surface area (Å²) in [4.78, 5) is 4.84. The number of aliphatic imine (C=N–C) groups is 1. The average Bonchev–Trinajstić information content (AvgIpc) is 2.92. The lowest BCUT2D eigenvalue weighted by Crippen LogP contribution is -2.16. The summed E-state index contributed by atoms with van der Waals surface area (Å²) in [6.07, 6.45) is 0. The van der Waals surface area contributed by atoms with E-state index in [1.807, 2.05) is 79.2 Å². The van der Waals surface area contributed by atoms with Crippen molar-refractivity contribution in [2.45, 2.75) is 13.8 Å². The summed E-state index contributed by atoms with van der Waals surface area (Å²) in [6.45, 7) is 4.01. The highest BCUT2D eigenvalue weighted by Gasteiger charge is 2.12. The van der Waals surface area contributed by atoms with E-state index in [0.717, 1.165) is 34.2 Å². The van der Waals surface area contributed by atoms with Gasteiger partial charge in [0.25, 0.3) is 0 Å². The molecule has 0 spiro atoms. The van der Waals surface area contributed by atoms with Crippen LogP contribution in [0.1, 0.15) is 17.0 Å². The van der Waals surface area contributed by atoms with Gasteiger partial charge in [0.05, 0.1) is 12.8 Å². The highest BCUT2D eigenvalue weighted by atomic mass is 16.5. The summed E-state index contributed by atoms with van der Waals surface area (Å²) in [5.41, 5.74) is 3.79. The van der Waals surface area contributed by atoms with Crippen LogP contribution in [-0.4, -0.2) is 22.7 Å². The fraction of sp³-hybridized carbons (Fsp3) is 0.158. The number of ether oxygens (including phenoxy) is 1.